The number of carbonyl (C=O) groups is 2. The van der Waals surface area contributed by atoms with Gasteiger partial charge in [-0.1, -0.05) is 23.7 Å². The molecule has 0 aromatic heterocycles. The maximum Gasteiger partial charge on any atom is 0.308 e. The number of carbonyl (C=O) groups excluding carboxylic acids is 1. The van der Waals surface area contributed by atoms with Gasteiger partial charge >= 0.3 is 5.97 Å². The summed E-state index contributed by atoms with van der Waals surface area (Å²) in [6.45, 7) is 0.918. The van der Waals surface area contributed by atoms with Gasteiger partial charge in [-0.2, -0.15) is 0 Å². The number of aliphatic carboxylic acids is 1. The molecule has 3 unspecified atom stereocenters. The zero-order valence-corrected chi connectivity index (χ0v) is 11.7. The van der Waals surface area contributed by atoms with E-state index in [1.165, 1.54) is 0 Å². The van der Waals surface area contributed by atoms with E-state index in [4.69, 9.17) is 16.7 Å². The fourth-order valence-corrected chi connectivity index (χ4v) is 3.17. The molecule has 4 nitrogen and oxygen atoms in total. The molecule has 2 fully saturated rings. The van der Waals surface area contributed by atoms with Gasteiger partial charge in [0.15, 0.2) is 0 Å². The average Bonchev–Trinajstić information content (AvgIpc) is 3.06. The fraction of sp³-hybridized carbons (Fsp3) is 0.467. The first kappa shape index (κ1) is 13.4. The van der Waals surface area contributed by atoms with E-state index in [-0.39, 0.29) is 17.7 Å². The van der Waals surface area contributed by atoms with Crippen molar-refractivity contribution in [3.05, 3.63) is 34.9 Å². The lowest BCUT2D eigenvalue weighted by molar-refractivity contribution is -0.141. The van der Waals surface area contributed by atoms with Crippen molar-refractivity contribution in [1.82, 2.24) is 4.90 Å². The van der Waals surface area contributed by atoms with Gasteiger partial charge in [0.2, 0.25) is 5.91 Å². The topological polar surface area (TPSA) is 57.6 Å². The number of hydrogen-bond acceptors (Lipinski definition) is 2. The molecule has 20 heavy (non-hydrogen) atoms. The van der Waals surface area contributed by atoms with Gasteiger partial charge in [0.1, 0.15) is 0 Å². The van der Waals surface area contributed by atoms with E-state index in [2.05, 4.69) is 0 Å². The molecule has 1 heterocycles. The van der Waals surface area contributed by atoms with E-state index in [1.54, 1.807) is 4.90 Å². The second-order valence-electron chi connectivity index (χ2n) is 5.61. The molecule has 0 spiro atoms. The van der Waals surface area contributed by atoms with Gasteiger partial charge in [-0.05, 0) is 36.5 Å². The zero-order chi connectivity index (χ0) is 14.3. The molecule has 3 rings (SSSR count). The van der Waals surface area contributed by atoms with Gasteiger partial charge in [-0.15, -0.1) is 0 Å². The van der Waals surface area contributed by atoms with E-state index in [9.17, 15) is 9.59 Å². The van der Waals surface area contributed by atoms with Crippen molar-refractivity contribution in [1.29, 1.82) is 0 Å². The van der Waals surface area contributed by atoms with Crippen LogP contribution in [-0.2, 0) is 9.59 Å². The Labute approximate surface area is 122 Å². The van der Waals surface area contributed by atoms with Crippen molar-refractivity contribution in [2.45, 2.75) is 18.8 Å². The Balaban J connectivity index is 1.62. The van der Waals surface area contributed by atoms with Gasteiger partial charge < -0.3 is 10.0 Å². The van der Waals surface area contributed by atoms with Crippen LogP contribution in [0.2, 0.25) is 5.02 Å². The summed E-state index contributed by atoms with van der Waals surface area (Å²) < 4.78 is 0. The molecule has 1 aliphatic heterocycles. The molecule has 1 N–H and O–H groups in total. The van der Waals surface area contributed by atoms with Crippen LogP contribution < -0.4 is 0 Å². The molecule has 5 heteroatoms. The monoisotopic (exact) mass is 293 g/mol. The minimum atomic E-state index is -0.803. The summed E-state index contributed by atoms with van der Waals surface area (Å²) in [6.07, 6.45) is 1.41. The van der Waals surface area contributed by atoms with E-state index in [0.29, 0.717) is 24.5 Å². The summed E-state index contributed by atoms with van der Waals surface area (Å²) in [5.74, 6) is -0.866. The Hall–Kier alpha value is -1.55. The van der Waals surface area contributed by atoms with E-state index in [0.717, 1.165) is 12.0 Å². The number of hydrogen-bond donors (Lipinski definition) is 1. The van der Waals surface area contributed by atoms with Crippen LogP contribution >= 0.6 is 11.6 Å². The van der Waals surface area contributed by atoms with Crippen molar-refractivity contribution in [3.63, 3.8) is 0 Å². The van der Waals surface area contributed by atoms with Crippen LogP contribution in [0.4, 0.5) is 0 Å². The van der Waals surface area contributed by atoms with Crippen LogP contribution in [0.3, 0.4) is 0 Å². The normalized spacial score (nSPS) is 28.4. The fourth-order valence-electron chi connectivity index (χ4n) is 2.97. The SMILES string of the molecule is O=C(O)C1CCN(C(=O)C2CC2c2cccc(Cl)c2)C1. The number of amides is 1. The third kappa shape index (κ3) is 2.52. The summed E-state index contributed by atoms with van der Waals surface area (Å²) in [5, 5.41) is 9.66. The maximum atomic E-state index is 12.3. The number of nitrogens with zero attached hydrogens (tertiary/aromatic N) is 1. The molecular formula is C15H16ClNO3. The minimum Gasteiger partial charge on any atom is -0.481 e. The molecule has 3 atom stereocenters. The molecule has 2 aliphatic rings. The first-order valence-electron chi connectivity index (χ1n) is 6.83. The van der Waals surface area contributed by atoms with Crippen molar-refractivity contribution in [2.75, 3.05) is 13.1 Å². The Morgan fingerprint density at radius 3 is 2.80 bits per heavy atom. The van der Waals surface area contributed by atoms with Crippen LogP contribution in [0.1, 0.15) is 24.3 Å². The van der Waals surface area contributed by atoms with Crippen molar-refractivity contribution >= 4 is 23.5 Å². The lowest BCUT2D eigenvalue weighted by Crippen LogP contribution is -2.31. The largest absolute Gasteiger partial charge is 0.481 e. The van der Waals surface area contributed by atoms with Gasteiger partial charge in [0, 0.05) is 24.0 Å². The highest BCUT2D eigenvalue weighted by atomic mass is 35.5. The van der Waals surface area contributed by atoms with Crippen LogP contribution in [0.5, 0.6) is 0 Å². The number of benzene rings is 1. The molecule has 106 valence electrons. The third-order valence-corrected chi connectivity index (χ3v) is 4.47. The maximum absolute atomic E-state index is 12.3. The molecule has 0 radical (unpaired) electrons. The van der Waals surface area contributed by atoms with Crippen molar-refractivity contribution in [2.24, 2.45) is 11.8 Å². The van der Waals surface area contributed by atoms with Crippen LogP contribution in [0.25, 0.3) is 0 Å². The Morgan fingerprint density at radius 2 is 2.15 bits per heavy atom. The number of carboxylic acids is 1. The lowest BCUT2D eigenvalue weighted by Gasteiger charge is -2.15. The van der Waals surface area contributed by atoms with E-state index in [1.807, 2.05) is 24.3 Å². The Bertz CT molecular complexity index is 560. The van der Waals surface area contributed by atoms with Crippen molar-refractivity contribution < 1.29 is 14.7 Å². The van der Waals surface area contributed by atoms with Crippen molar-refractivity contribution in [3.8, 4) is 0 Å². The summed E-state index contributed by atoms with van der Waals surface area (Å²) in [5.41, 5.74) is 1.10. The van der Waals surface area contributed by atoms with E-state index >= 15 is 0 Å². The van der Waals surface area contributed by atoms with Gasteiger partial charge in [0.25, 0.3) is 0 Å². The van der Waals surface area contributed by atoms with Gasteiger partial charge in [-0.3, -0.25) is 9.59 Å². The van der Waals surface area contributed by atoms with Crippen LogP contribution in [-0.4, -0.2) is 35.0 Å². The number of halogens is 1. The predicted octanol–water partition coefficient (Wildman–Crippen LogP) is 2.38. The average molecular weight is 294 g/mol. The molecule has 1 saturated carbocycles. The molecule has 1 aliphatic carbocycles. The smallest absolute Gasteiger partial charge is 0.308 e. The summed E-state index contributed by atoms with van der Waals surface area (Å²) in [4.78, 5) is 25.0. The van der Waals surface area contributed by atoms with Crippen LogP contribution in [0, 0.1) is 11.8 Å². The first-order valence-corrected chi connectivity index (χ1v) is 7.21. The minimum absolute atomic E-state index is 0.000937. The number of carboxylic acid groups (broad SMARTS) is 1. The zero-order valence-electron chi connectivity index (χ0n) is 11.0. The quantitative estimate of drug-likeness (QED) is 0.931. The number of likely N-dealkylation sites (tertiary alicyclic amines) is 1. The highest BCUT2D eigenvalue weighted by molar-refractivity contribution is 6.30. The molecular weight excluding hydrogens is 278 g/mol. The van der Waals surface area contributed by atoms with E-state index < -0.39 is 11.9 Å². The lowest BCUT2D eigenvalue weighted by atomic mass is 10.1. The molecule has 1 aromatic carbocycles. The first-order chi connectivity index (χ1) is 9.56. The summed E-state index contributed by atoms with van der Waals surface area (Å²) in [6, 6.07) is 7.62. The van der Waals surface area contributed by atoms with Crippen LogP contribution in [0.15, 0.2) is 24.3 Å². The second-order valence-corrected chi connectivity index (χ2v) is 6.05. The molecule has 0 bridgehead atoms. The standard InChI is InChI=1S/C15H16ClNO3/c16-11-3-1-2-9(6-11)12-7-13(12)14(18)17-5-4-10(8-17)15(19)20/h1-3,6,10,12-13H,4-5,7-8H2,(H,19,20). The molecule has 1 saturated heterocycles. The Kier molecular flexibility index (Phi) is 3.42. The number of rotatable bonds is 3. The third-order valence-electron chi connectivity index (χ3n) is 4.23. The van der Waals surface area contributed by atoms with Gasteiger partial charge in [-0.25, -0.2) is 0 Å². The second kappa shape index (κ2) is 5.09. The Morgan fingerprint density at radius 1 is 1.35 bits per heavy atom. The highest BCUT2D eigenvalue weighted by Gasteiger charge is 2.47. The predicted molar refractivity (Wildman–Crippen MR) is 74.6 cm³/mol. The molecule has 1 aromatic rings. The molecule has 1 amide bonds. The van der Waals surface area contributed by atoms with Gasteiger partial charge in [0.05, 0.1) is 5.92 Å². The summed E-state index contributed by atoms with van der Waals surface area (Å²) >= 11 is 5.96. The highest BCUT2D eigenvalue weighted by Crippen LogP contribution is 2.49. The summed E-state index contributed by atoms with van der Waals surface area (Å²) in [7, 11) is 0.